The molecule has 4 rings (SSSR count). The first-order chi connectivity index (χ1) is 17.0. The summed E-state index contributed by atoms with van der Waals surface area (Å²) in [6, 6.07) is 23.3. The number of nitrogens with zero attached hydrogens (tertiary/aromatic N) is 1. The minimum atomic E-state index is -3.82. The molecule has 0 unspecified atom stereocenters. The van der Waals surface area contributed by atoms with Crippen LogP contribution < -0.4 is 4.74 Å². The highest BCUT2D eigenvalue weighted by molar-refractivity contribution is 7.91. The first-order valence-electron chi connectivity index (χ1n) is 12.3. The molecule has 4 aromatic rings. The molecule has 0 aliphatic carbocycles. The third-order valence-electron chi connectivity index (χ3n) is 5.96. The predicted molar refractivity (Wildman–Crippen MR) is 141 cm³/mol. The third-order valence-corrected chi connectivity index (χ3v) is 7.79. The Morgan fingerprint density at radius 3 is 2.14 bits per heavy atom. The molecule has 184 valence electrons. The lowest BCUT2D eigenvalue weighted by Crippen LogP contribution is -2.27. The van der Waals surface area contributed by atoms with Crippen LogP contribution in [0.5, 0.6) is 5.75 Å². The van der Waals surface area contributed by atoms with E-state index in [-0.39, 0.29) is 9.79 Å². The molecule has 1 heterocycles. The third kappa shape index (κ3) is 5.77. The van der Waals surface area contributed by atoms with E-state index in [9.17, 15) is 8.42 Å². The van der Waals surface area contributed by atoms with E-state index in [1.807, 2.05) is 42.5 Å². The SMILES string of the molecule is CCCN(CCC)CCCOc1ccc(S(=O)(=O)c2c(-c3ccccc3)oc3ccccc23)cc1. The zero-order chi connectivity index (χ0) is 24.7. The average Bonchev–Trinajstić information content (AvgIpc) is 3.28. The average molecular weight is 492 g/mol. The Morgan fingerprint density at radius 2 is 1.46 bits per heavy atom. The highest BCUT2D eigenvalue weighted by Gasteiger charge is 2.28. The molecule has 0 fully saturated rings. The van der Waals surface area contributed by atoms with Gasteiger partial charge in [-0.2, -0.15) is 0 Å². The summed E-state index contributed by atoms with van der Waals surface area (Å²) < 4.78 is 39.5. The molecule has 0 bridgehead atoms. The molecule has 1 aromatic heterocycles. The summed E-state index contributed by atoms with van der Waals surface area (Å²) in [6.45, 7) is 8.21. The lowest BCUT2D eigenvalue weighted by Gasteiger charge is -2.20. The zero-order valence-corrected chi connectivity index (χ0v) is 21.3. The van der Waals surface area contributed by atoms with Gasteiger partial charge in [0.15, 0.2) is 5.76 Å². The number of para-hydroxylation sites is 1. The summed E-state index contributed by atoms with van der Waals surface area (Å²) in [5.41, 5.74) is 1.27. The van der Waals surface area contributed by atoms with Crippen molar-refractivity contribution >= 4 is 20.8 Å². The van der Waals surface area contributed by atoms with Crippen LogP contribution in [0.1, 0.15) is 33.1 Å². The van der Waals surface area contributed by atoms with E-state index in [0.717, 1.165) is 44.5 Å². The topological polar surface area (TPSA) is 59.8 Å². The van der Waals surface area contributed by atoms with Crippen LogP contribution in [0.15, 0.2) is 93.1 Å². The van der Waals surface area contributed by atoms with Gasteiger partial charge in [0.05, 0.1) is 11.5 Å². The Balaban J connectivity index is 1.53. The first kappa shape index (κ1) is 25.0. The molecule has 0 saturated carbocycles. The number of rotatable bonds is 12. The Hall–Kier alpha value is -3.09. The van der Waals surface area contributed by atoms with Crippen LogP contribution in [0.25, 0.3) is 22.3 Å². The van der Waals surface area contributed by atoms with Gasteiger partial charge in [0, 0.05) is 17.5 Å². The molecule has 0 N–H and O–H groups in total. The van der Waals surface area contributed by atoms with Crippen molar-refractivity contribution < 1.29 is 17.6 Å². The molecule has 0 spiro atoms. The van der Waals surface area contributed by atoms with Crippen molar-refractivity contribution in [1.82, 2.24) is 4.90 Å². The number of fused-ring (bicyclic) bond motifs is 1. The maximum Gasteiger partial charge on any atom is 0.211 e. The summed E-state index contributed by atoms with van der Waals surface area (Å²) in [7, 11) is -3.82. The zero-order valence-electron chi connectivity index (χ0n) is 20.4. The molecule has 0 saturated heterocycles. The van der Waals surface area contributed by atoms with Crippen LogP contribution in [0.2, 0.25) is 0 Å². The summed E-state index contributed by atoms with van der Waals surface area (Å²) in [5.74, 6) is 1.03. The fraction of sp³-hybridized carbons (Fsp3) is 0.310. The van der Waals surface area contributed by atoms with E-state index in [0.29, 0.717) is 29.1 Å². The van der Waals surface area contributed by atoms with Crippen LogP contribution in [0.3, 0.4) is 0 Å². The number of benzene rings is 3. The molecule has 5 nitrogen and oxygen atoms in total. The van der Waals surface area contributed by atoms with Gasteiger partial charge in [-0.3, -0.25) is 0 Å². The lowest BCUT2D eigenvalue weighted by atomic mass is 10.1. The molecular weight excluding hydrogens is 458 g/mol. The van der Waals surface area contributed by atoms with Gasteiger partial charge in [0.2, 0.25) is 9.84 Å². The second kappa shape index (κ2) is 11.6. The molecule has 3 aromatic carbocycles. The minimum absolute atomic E-state index is 0.194. The second-order valence-electron chi connectivity index (χ2n) is 8.64. The standard InChI is InChI=1S/C29H33NO4S/c1-3-19-30(20-4-2)21-10-22-33-24-15-17-25(18-16-24)35(31,32)29-26-13-8-9-14-27(26)34-28(29)23-11-6-5-7-12-23/h5-9,11-18H,3-4,10,19-22H2,1-2H3. The number of ether oxygens (including phenoxy) is 1. The van der Waals surface area contributed by atoms with Crippen LogP contribution >= 0.6 is 0 Å². The Bertz CT molecular complexity index is 1320. The summed E-state index contributed by atoms with van der Waals surface area (Å²) in [4.78, 5) is 2.86. The van der Waals surface area contributed by atoms with Crippen molar-refractivity contribution in [3.05, 3.63) is 78.9 Å². The highest BCUT2D eigenvalue weighted by atomic mass is 32.2. The van der Waals surface area contributed by atoms with Crippen molar-refractivity contribution in [3.63, 3.8) is 0 Å². The van der Waals surface area contributed by atoms with Gasteiger partial charge in [-0.25, -0.2) is 8.42 Å². The van der Waals surface area contributed by atoms with Crippen LogP contribution in [-0.2, 0) is 9.84 Å². The Kier molecular flexibility index (Phi) is 8.26. The predicted octanol–water partition coefficient (Wildman–Crippen LogP) is 6.82. The molecule has 0 atom stereocenters. The maximum absolute atomic E-state index is 13.8. The smallest absolute Gasteiger partial charge is 0.211 e. The molecule has 0 aliphatic rings. The van der Waals surface area contributed by atoms with Crippen molar-refractivity contribution in [1.29, 1.82) is 0 Å². The van der Waals surface area contributed by atoms with Crippen LogP contribution in [0.4, 0.5) is 0 Å². The van der Waals surface area contributed by atoms with E-state index >= 15 is 0 Å². The fourth-order valence-electron chi connectivity index (χ4n) is 4.35. The molecular formula is C29H33NO4S. The van der Waals surface area contributed by atoms with Gasteiger partial charge >= 0.3 is 0 Å². The van der Waals surface area contributed by atoms with Crippen LogP contribution in [0, 0.1) is 0 Å². The summed E-state index contributed by atoms with van der Waals surface area (Å²) >= 11 is 0. The molecule has 35 heavy (non-hydrogen) atoms. The molecule has 0 amide bonds. The molecule has 0 aliphatic heterocycles. The Morgan fingerprint density at radius 1 is 0.800 bits per heavy atom. The van der Waals surface area contributed by atoms with E-state index in [1.165, 1.54) is 0 Å². The highest BCUT2D eigenvalue weighted by Crippen LogP contribution is 2.39. The van der Waals surface area contributed by atoms with Crippen molar-refractivity contribution in [2.75, 3.05) is 26.2 Å². The quantitative estimate of drug-likeness (QED) is 0.203. The summed E-state index contributed by atoms with van der Waals surface area (Å²) in [6.07, 6.45) is 3.23. The molecule has 6 heteroatoms. The lowest BCUT2D eigenvalue weighted by molar-refractivity contribution is 0.234. The maximum atomic E-state index is 13.8. The fourth-order valence-corrected chi connectivity index (χ4v) is 5.94. The van der Waals surface area contributed by atoms with Crippen molar-refractivity contribution in [2.24, 2.45) is 0 Å². The first-order valence-corrected chi connectivity index (χ1v) is 13.8. The van der Waals surface area contributed by atoms with Crippen LogP contribution in [-0.4, -0.2) is 39.6 Å². The number of hydrogen-bond donors (Lipinski definition) is 0. The monoisotopic (exact) mass is 491 g/mol. The molecule has 0 radical (unpaired) electrons. The van der Waals surface area contributed by atoms with Gasteiger partial charge in [0.25, 0.3) is 0 Å². The van der Waals surface area contributed by atoms with E-state index in [1.54, 1.807) is 36.4 Å². The summed E-state index contributed by atoms with van der Waals surface area (Å²) in [5, 5.41) is 0.579. The Labute approximate surface area is 208 Å². The van der Waals surface area contributed by atoms with Crippen molar-refractivity contribution in [2.45, 2.75) is 42.9 Å². The van der Waals surface area contributed by atoms with Crippen molar-refractivity contribution in [3.8, 4) is 17.1 Å². The van der Waals surface area contributed by atoms with Gasteiger partial charge in [-0.1, -0.05) is 56.3 Å². The van der Waals surface area contributed by atoms with Gasteiger partial charge in [0.1, 0.15) is 16.2 Å². The van der Waals surface area contributed by atoms with Gasteiger partial charge in [-0.15, -0.1) is 0 Å². The largest absolute Gasteiger partial charge is 0.494 e. The van der Waals surface area contributed by atoms with E-state index in [2.05, 4.69) is 18.7 Å². The van der Waals surface area contributed by atoms with E-state index < -0.39 is 9.84 Å². The van der Waals surface area contributed by atoms with Gasteiger partial charge in [-0.05, 0) is 68.8 Å². The van der Waals surface area contributed by atoms with Gasteiger partial charge < -0.3 is 14.1 Å². The van der Waals surface area contributed by atoms with E-state index in [4.69, 9.17) is 9.15 Å². The minimum Gasteiger partial charge on any atom is -0.494 e. The second-order valence-corrected chi connectivity index (χ2v) is 10.5. The number of hydrogen-bond acceptors (Lipinski definition) is 5. The number of furan rings is 1. The normalized spacial score (nSPS) is 11.9. The number of sulfone groups is 1.